The number of ketones is 1. The molecule has 0 aliphatic rings. The van der Waals surface area contributed by atoms with Crippen LogP contribution in [0.25, 0.3) is 17.2 Å². The van der Waals surface area contributed by atoms with E-state index in [9.17, 15) is 4.79 Å². The van der Waals surface area contributed by atoms with Crippen LogP contribution < -0.4 is 4.74 Å². The molecule has 0 unspecified atom stereocenters. The zero-order chi connectivity index (χ0) is 18.2. The molecule has 0 spiro atoms. The molecular formula is C23H17NO2. The van der Waals surface area contributed by atoms with Crippen LogP contribution in [0.4, 0.5) is 0 Å². The van der Waals surface area contributed by atoms with Gasteiger partial charge in [0.2, 0.25) is 0 Å². The van der Waals surface area contributed by atoms with E-state index in [1.165, 1.54) is 6.08 Å². The second kappa shape index (κ2) is 8.46. The van der Waals surface area contributed by atoms with Crippen molar-refractivity contribution in [1.82, 2.24) is 0 Å². The summed E-state index contributed by atoms with van der Waals surface area (Å²) >= 11 is 0. The van der Waals surface area contributed by atoms with Crippen LogP contribution in [0, 0.1) is 11.3 Å². The Balaban J connectivity index is 1.74. The summed E-state index contributed by atoms with van der Waals surface area (Å²) in [5.41, 5.74) is 3.57. The normalized spacial score (nSPS) is 10.4. The molecule has 3 aromatic carbocycles. The van der Waals surface area contributed by atoms with E-state index < -0.39 is 0 Å². The first-order valence-corrected chi connectivity index (χ1v) is 8.24. The van der Waals surface area contributed by atoms with Crippen LogP contribution >= 0.6 is 0 Å². The van der Waals surface area contributed by atoms with Crippen LogP contribution in [-0.4, -0.2) is 12.4 Å². The minimum atomic E-state index is -0.0836. The van der Waals surface area contributed by atoms with Gasteiger partial charge in [0.1, 0.15) is 11.8 Å². The molecule has 0 saturated carbocycles. The molecule has 3 heteroatoms. The number of hydrogen-bond acceptors (Lipinski definition) is 3. The van der Waals surface area contributed by atoms with Gasteiger partial charge < -0.3 is 4.74 Å². The van der Waals surface area contributed by atoms with Gasteiger partial charge in [-0.25, -0.2) is 0 Å². The summed E-state index contributed by atoms with van der Waals surface area (Å²) in [5, 5.41) is 8.64. The van der Waals surface area contributed by atoms with Crippen molar-refractivity contribution in [3.05, 3.63) is 96.1 Å². The lowest BCUT2D eigenvalue weighted by Gasteiger charge is -2.05. The predicted octanol–water partition coefficient (Wildman–Crippen LogP) is 5.15. The number of para-hydroxylation sites is 1. The molecule has 0 radical (unpaired) electrons. The molecule has 0 bridgehead atoms. The number of ether oxygens (including phenoxy) is 1. The number of allylic oxidation sites excluding steroid dienone is 1. The number of nitriles is 1. The number of carbonyl (C=O) groups is 1. The molecule has 0 amide bonds. The number of benzene rings is 3. The Kier molecular flexibility index (Phi) is 5.59. The Hall–Kier alpha value is -3.64. The fraction of sp³-hybridized carbons (Fsp3) is 0.0435. The summed E-state index contributed by atoms with van der Waals surface area (Å²) in [6, 6.07) is 26.8. The molecule has 0 N–H and O–H groups in total. The van der Waals surface area contributed by atoms with Gasteiger partial charge in [0.05, 0.1) is 0 Å². The Morgan fingerprint density at radius 2 is 1.54 bits per heavy atom. The lowest BCUT2D eigenvalue weighted by atomic mass is 10.0. The fourth-order valence-corrected chi connectivity index (χ4v) is 2.58. The van der Waals surface area contributed by atoms with E-state index in [2.05, 4.69) is 0 Å². The molecule has 3 aromatic rings. The maximum atomic E-state index is 12.4. The van der Waals surface area contributed by atoms with E-state index in [4.69, 9.17) is 10.00 Å². The molecule has 0 heterocycles. The van der Waals surface area contributed by atoms with Crippen molar-refractivity contribution < 1.29 is 9.53 Å². The average molecular weight is 339 g/mol. The first-order valence-electron chi connectivity index (χ1n) is 8.24. The molecule has 3 rings (SSSR count). The average Bonchev–Trinajstić information content (AvgIpc) is 2.72. The summed E-state index contributed by atoms with van der Waals surface area (Å²) in [5.74, 6) is 0.497. The van der Waals surface area contributed by atoms with Crippen molar-refractivity contribution in [2.75, 3.05) is 6.61 Å². The standard InChI is InChI=1S/C23H17NO2/c24-16-17-26-23-9-5-4-8-21(23)14-15-22(25)20-12-10-19(11-13-20)18-6-2-1-3-7-18/h1-15H,17H2/b15-14+. The summed E-state index contributed by atoms with van der Waals surface area (Å²) in [6.45, 7) is -0.0280. The lowest BCUT2D eigenvalue weighted by molar-refractivity contribution is 0.104. The topological polar surface area (TPSA) is 50.1 Å². The molecule has 0 aromatic heterocycles. The van der Waals surface area contributed by atoms with Crippen LogP contribution in [0.2, 0.25) is 0 Å². The highest BCUT2D eigenvalue weighted by atomic mass is 16.5. The van der Waals surface area contributed by atoms with Gasteiger partial charge in [-0.15, -0.1) is 0 Å². The van der Waals surface area contributed by atoms with Crippen LogP contribution in [0.1, 0.15) is 15.9 Å². The van der Waals surface area contributed by atoms with Crippen LogP contribution in [0.5, 0.6) is 5.75 Å². The van der Waals surface area contributed by atoms with Gasteiger partial charge in [0.25, 0.3) is 0 Å². The Labute approximate surface area is 152 Å². The third-order valence-corrected chi connectivity index (χ3v) is 3.90. The minimum absolute atomic E-state index is 0.0280. The van der Waals surface area contributed by atoms with Gasteiger partial charge in [-0.2, -0.15) is 5.26 Å². The SMILES string of the molecule is N#CCOc1ccccc1/C=C/C(=O)c1ccc(-c2ccccc2)cc1. The zero-order valence-corrected chi connectivity index (χ0v) is 14.1. The maximum Gasteiger partial charge on any atom is 0.185 e. The van der Waals surface area contributed by atoms with Crippen molar-refractivity contribution in [1.29, 1.82) is 5.26 Å². The third-order valence-electron chi connectivity index (χ3n) is 3.90. The largest absolute Gasteiger partial charge is 0.478 e. The summed E-state index contributed by atoms with van der Waals surface area (Å²) < 4.78 is 5.37. The van der Waals surface area contributed by atoms with E-state index in [-0.39, 0.29) is 12.4 Å². The molecule has 0 aliphatic heterocycles. The van der Waals surface area contributed by atoms with E-state index in [1.807, 2.05) is 78.9 Å². The number of carbonyl (C=O) groups excluding carboxylic acids is 1. The van der Waals surface area contributed by atoms with Gasteiger partial charge in [0.15, 0.2) is 12.4 Å². The maximum absolute atomic E-state index is 12.4. The Bertz CT molecular complexity index is 952. The van der Waals surface area contributed by atoms with Crippen molar-refractivity contribution in [2.24, 2.45) is 0 Å². The van der Waals surface area contributed by atoms with Crippen LogP contribution in [-0.2, 0) is 0 Å². The second-order valence-electron chi connectivity index (χ2n) is 5.63. The molecule has 26 heavy (non-hydrogen) atoms. The van der Waals surface area contributed by atoms with E-state index in [0.717, 1.165) is 16.7 Å². The quantitative estimate of drug-likeness (QED) is 0.461. The van der Waals surface area contributed by atoms with Crippen molar-refractivity contribution in [3.8, 4) is 22.9 Å². The second-order valence-corrected chi connectivity index (χ2v) is 5.63. The van der Waals surface area contributed by atoms with Gasteiger partial charge in [-0.3, -0.25) is 4.79 Å². The summed E-state index contributed by atoms with van der Waals surface area (Å²) in [7, 11) is 0. The predicted molar refractivity (Wildman–Crippen MR) is 103 cm³/mol. The van der Waals surface area contributed by atoms with Crippen LogP contribution in [0.15, 0.2) is 84.9 Å². The van der Waals surface area contributed by atoms with Crippen LogP contribution in [0.3, 0.4) is 0 Å². The number of hydrogen-bond donors (Lipinski definition) is 0. The number of rotatable bonds is 6. The highest BCUT2D eigenvalue weighted by molar-refractivity contribution is 6.07. The van der Waals surface area contributed by atoms with Gasteiger partial charge in [-0.1, -0.05) is 72.8 Å². The molecule has 3 nitrogen and oxygen atoms in total. The molecule has 0 saturated heterocycles. The Morgan fingerprint density at radius 1 is 0.885 bits per heavy atom. The minimum Gasteiger partial charge on any atom is -0.478 e. The van der Waals surface area contributed by atoms with Crippen molar-refractivity contribution in [3.63, 3.8) is 0 Å². The molecule has 0 atom stereocenters. The van der Waals surface area contributed by atoms with E-state index in [0.29, 0.717) is 11.3 Å². The van der Waals surface area contributed by atoms with Gasteiger partial charge in [-0.05, 0) is 29.3 Å². The molecular weight excluding hydrogens is 322 g/mol. The lowest BCUT2D eigenvalue weighted by Crippen LogP contribution is -1.96. The molecule has 0 aliphatic carbocycles. The number of nitrogens with zero attached hydrogens (tertiary/aromatic N) is 1. The molecule has 0 fully saturated rings. The van der Waals surface area contributed by atoms with Crippen molar-refractivity contribution in [2.45, 2.75) is 0 Å². The zero-order valence-electron chi connectivity index (χ0n) is 14.1. The first kappa shape index (κ1) is 17.2. The van der Waals surface area contributed by atoms with E-state index >= 15 is 0 Å². The molecule has 126 valence electrons. The fourth-order valence-electron chi connectivity index (χ4n) is 2.58. The third kappa shape index (κ3) is 4.25. The highest BCUT2D eigenvalue weighted by Gasteiger charge is 2.04. The monoisotopic (exact) mass is 339 g/mol. The summed E-state index contributed by atoms with van der Waals surface area (Å²) in [6.07, 6.45) is 3.23. The van der Waals surface area contributed by atoms with Crippen molar-refractivity contribution >= 4 is 11.9 Å². The Morgan fingerprint density at radius 3 is 2.27 bits per heavy atom. The smallest absolute Gasteiger partial charge is 0.185 e. The van der Waals surface area contributed by atoms with Gasteiger partial charge in [0, 0.05) is 11.1 Å². The first-order chi connectivity index (χ1) is 12.8. The highest BCUT2D eigenvalue weighted by Crippen LogP contribution is 2.21. The summed E-state index contributed by atoms with van der Waals surface area (Å²) in [4.78, 5) is 12.4. The van der Waals surface area contributed by atoms with E-state index in [1.54, 1.807) is 12.1 Å². The van der Waals surface area contributed by atoms with Gasteiger partial charge >= 0.3 is 0 Å².